The maximum atomic E-state index is 12.9. The molecule has 0 unspecified atom stereocenters. The zero-order chi connectivity index (χ0) is 19.3. The van der Waals surface area contributed by atoms with Crippen LogP contribution >= 0.6 is 0 Å². The third kappa shape index (κ3) is 4.32. The SMILES string of the molecule is CN(c1ccccc1)S(=O)(=O)c1cccc(C(=O)NCc2cccnc2)c1. The van der Waals surface area contributed by atoms with Crippen LogP contribution in [0.25, 0.3) is 0 Å². The molecule has 1 aromatic heterocycles. The van der Waals surface area contributed by atoms with E-state index in [2.05, 4.69) is 10.3 Å². The normalized spacial score (nSPS) is 11.0. The molecule has 7 heteroatoms. The van der Waals surface area contributed by atoms with Gasteiger partial charge in [0.05, 0.1) is 10.6 Å². The molecular weight excluding hydrogens is 362 g/mol. The number of aromatic nitrogens is 1. The van der Waals surface area contributed by atoms with Gasteiger partial charge in [-0.25, -0.2) is 8.42 Å². The molecular formula is C20H19N3O3S. The van der Waals surface area contributed by atoms with Gasteiger partial charge in [-0.05, 0) is 42.0 Å². The highest BCUT2D eigenvalue weighted by atomic mass is 32.2. The van der Waals surface area contributed by atoms with E-state index < -0.39 is 10.0 Å². The number of sulfonamides is 1. The molecule has 0 spiro atoms. The quantitative estimate of drug-likeness (QED) is 0.712. The van der Waals surface area contributed by atoms with Crippen molar-refractivity contribution in [2.24, 2.45) is 0 Å². The summed E-state index contributed by atoms with van der Waals surface area (Å²) in [6.45, 7) is 0.313. The monoisotopic (exact) mass is 381 g/mol. The van der Waals surface area contributed by atoms with Gasteiger partial charge in [-0.15, -0.1) is 0 Å². The average molecular weight is 381 g/mol. The summed E-state index contributed by atoms with van der Waals surface area (Å²) in [4.78, 5) is 16.4. The molecule has 0 atom stereocenters. The molecule has 6 nitrogen and oxygen atoms in total. The number of nitrogens with one attached hydrogen (secondary N) is 1. The number of amides is 1. The lowest BCUT2D eigenvalue weighted by Crippen LogP contribution is -2.27. The number of para-hydroxylation sites is 1. The van der Waals surface area contributed by atoms with Crippen LogP contribution in [-0.4, -0.2) is 26.4 Å². The van der Waals surface area contributed by atoms with Gasteiger partial charge in [0.15, 0.2) is 0 Å². The van der Waals surface area contributed by atoms with E-state index in [9.17, 15) is 13.2 Å². The number of hydrogen-bond acceptors (Lipinski definition) is 4. The first-order chi connectivity index (χ1) is 13.0. The molecule has 138 valence electrons. The molecule has 27 heavy (non-hydrogen) atoms. The number of hydrogen-bond donors (Lipinski definition) is 1. The molecule has 3 rings (SSSR count). The zero-order valence-electron chi connectivity index (χ0n) is 14.7. The van der Waals surface area contributed by atoms with E-state index in [1.165, 1.54) is 23.5 Å². The summed E-state index contributed by atoms with van der Waals surface area (Å²) in [5.74, 6) is -0.349. The van der Waals surface area contributed by atoms with Crippen LogP contribution in [-0.2, 0) is 16.6 Å². The van der Waals surface area contributed by atoms with Crippen molar-refractivity contribution < 1.29 is 13.2 Å². The first-order valence-corrected chi connectivity index (χ1v) is 9.73. The number of rotatable bonds is 6. The van der Waals surface area contributed by atoms with Gasteiger partial charge in [-0.1, -0.05) is 30.3 Å². The lowest BCUT2D eigenvalue weighted by Gasteiger charge is -2.19. The Bertz CT molecular complexity index is 1020. The minimum atomic E-state index is -3.77. The number of benzene rings is 2. The number of nitrogens with zero attached hydrogens (tertiary/aromatic N) is 2. The Morgan fingerprint density at radius 1 is 1.04 bits per heavy atom. The van der Waals surface area contributed by atoms with Crippen LogP contribution < -0.4 is 9.62 Å². The first kappa shape index (κ1) is 18.6. The fourth-order valence-corrected chi connectivity index (χ4v) is 3.76. The van der Waals surface area contributed by atoms with Crippen molar-refractivity contribution in [3.8, 4) is 0 Å². The maximum absolute atomic E-state index is 12.9. The first-order valence-electron chi connectivity index (χ1n) is 8.29. The fourth-order valence-electron chi connectivity index (χ4n) is 2.52. The molecule has 1 heterocycles. The van der Waals surface area contributed by atoms with E-state index in [4.69, 9.17) is 0 Å². The molecule has 1 N–H and O–H groups in total. The van der Waals surface area contributed by atoms with Crippen LogP contribution in [0, 0.1) is 0 Å². The van der Waals surface area contributed by atoms with Crippen molar-refractivity contribution in [3.05, 3.63) is 90.3 Å². The summed E-state index contributed by atoms with van der Waals surface area (Å²) in [6, 6.07) is 18.4. The van der Waals surface area contributed by atoms with E-state index in [1.807, 2.05) is 12.1 Å². The standard InChI is InChI=1S/C20H19N3O3S/c1-23(18-9-3-2-4-10-18)27(25,26)19-11-5-8-17(13-19)20(24)22-15-16-7-6-12-21-14-16/h2-14H,15H2,1H3,(H,22,24). The Balaban J connectivity index is 1.79. The van der Waals surface area contributed by atoms with Gasteiger partial charge in [0.25, 0.3) is 15.9 Å². The van der Waals surface area contributed by atoms with Gasteiger partial charge in [0.2, 0.25) is 0 Å². The van der Waals surface area contributed by atoms with Gasteiger partial charge in [-0.3, -0.25) is 14.1 Å². The van der Waals surface area contributed by atoms with Crippen molar-refractivity contribution in [1.82, 2.24) is 10.3 Å². The van der Waals surface area contributed by atoms with E-state index in [1.54, 1.807) is 54.9 Å². The largest absolute Gasteiger partial charge is 0.348 e. The number of carbonyl (C=O) groups excluding carboxylic acids is 1. The molecule has 0 radical (unpaired) electrons. The van der Waals surface area contributed by atoms with E-state index in [0.717, 1.165) is 5.56 Å². The summed E-state index contributed by atoms with van der Waals surface area (Å²) >= 11 is 0. The maximum Gasteiger partial charge on any atom is 0.264 e. The van der Waals surface area contributed by atoms with Crippen LogP contribution in [0.15, 0.2) is 84.0 Å². The summed E-state index contributed by atoms with van der Waals surface area (Å²) in [7, 11) is -2.29. The lowest BCUT2D eigenvalue weighted by atomic mass is 10.2. The van der Waals surface area contributed by atoms with Crippen LogP contribution in [0.2, 0.25) is 0 Å². The topological polar surface area (TPSA) is 79.4 Å². The van der Waals surface area contributed by atoms with Crippen molar-refractivity contribution in [2.45, 2.75) is 11.4 Å². The Hall–Kier alpha value is -3.19. The van der Waals surface area contributed by atoms with E-state index >= 15 is 0 Å². The fraction of sp³-hybridized carbons (Fsp3) is 0.100. The van der Waals surface area contributed by atoms with E-state index in [0.29, 0.717) is 12.2 Å². The van der Waals surface area contributed by atoms with Crippen molar-refractivity contribution in [2.75, 3.05) is 11.4 Å². The number of pyridine rings is 1. The molecule has 0 aliphatic heterocycles. The molecule has 0 fully saturated rings. The third-order valence-corrected chi connectivity index (χ3v) is 5.83. The van der Waals surface area contributed by atoms with Gasteiger partial charge in [-0.2, -0.15) is 0 Å². The second kappa shape index (κ2) is 8.01. The molecule has 0 aliphatic rings. The van der Waals surface area contributed by atoms with Crippen molar-refractivity contribution >= 4 is 21.6 Å². The van der Waals surface area contributed by atoms with Gasteiger partial charge in [0, 0.05) is 31.5 Å². The minimum absolute atomic E-state index is 0.0582. The summed E-state index contributed by atoms with van der Waals surface area (Å²) in [6.07, 6.45) is 3.32. The Morgan fingerprint density at radius 2 is 1.81 bits per heavy atom. The minimum Gasteiger partial charge on any atom is -0.348 e. The predicted molar refractivity (Wildman–Crippen MR) is 104 cm³/mol. The van der Waals surface area contributed by atoms with Crippen molar-refractivity contribution in [3.63, 3.8) is 0 Å². The van der Waals surface area contributed by atoms with Gasteiger partial charge >= 0.3 is 0 Å². The van der Waals surface area contributed by atoms with Crippen LogP contribution in [0.4, 0.5) is 5.69 Å². The summed E-state index contributed by atoms with van der Waals surface area (Å²) in [5, 5.41) is 2.77. The Morgan fingerprint density at radius 3 is 2.52 bits per heavy atom. The number of anilines is 1. The molecule has 2 aromatic carbocycles. The Kier molecular flexibility index (Phi) is 5.52. The molecule has 0 bridgehead atoms. The Labute approximate surface area is 158 Å². The second-order valence-corrected chi connectivity index (χ2v) is 7.85. The highest BCUT2D eigenvalue weighted by molar-refractivity contribution is 7.92. The molecule has 3 aromatic rings. The summed E-state index contributed by atoms with van der Waals surface area (Å²) in [5.41, 5.74) is 1.68. The predicted octanol–water partition coefficient (Wildman–Crippen LogP) is 2.84. The molecule has 0 aliphatic carbocycles. The van der Waals surface area contributed by atoms with Crippen LogP contribution in [0.1, 0.15) is 15.9 Å². The van der Waals surface area contributed by atoms with E-state index in [-0.39, 0.29) is 16.4 Å². The van der Waals surface area contributed by atoms with Crippen LogP contribution in [0.5, 0.6) is 0 Å². The van der Waals surface area contributed by atoms with Gasteiger partial charge < -0.3 is 5.32 Å². The van der Waals surface area contributed by atoms with Crippen LogP contribution in [0.3, 0.4) is 0 Å². The highest BCUT2D eigenvalue weighted by Crippen LogP contribution is 2.22. The second-order valence-electron chi connectivity index (χ2n) is 5.88. The van der Waals surface area contributed by atoms with Gasteiger partial charge in [0.1, 0.15) is 0 Å². The number of carbonyl (C=O) groups is 1. The van der Waals surface area contributed by atoms with Crippen molar-refractivity contribution in [1.29, 1.82) is 0 Å². The molecule has 0 saturated heterocycles. The lowest BCUT2D eigenvalue weighted by molar-refractivity contribution is 0.0950. The third-order valence-electron chi connectivity index (χ3n) is 4.05. The average Bonchev–Trinajstić information content (AvgIpc) is 2.73. The molecule has 1 amide bonds. The highest BCUT2D eigenvalue weighted by Gasteiger charge is 2.22. The molecule has 0 saturated carbocycles. The smallest absolute Gasteiger partial charge is 0.264 e. The summed E-state index contributed by atoms with van der Waals surface area (Å²) < 4.78 is 26.9. The zero-order valence-corrected chi connectivity index (χ0v) is 15.6.